The molecular weight excluding hydrogens is 296 g/mol. The van der Waals surface area contributed by atoms with Gasteiger partial charge < -0.3 is 0 Å². The molecule has 2 N–H and O–H groups in total. The average molecular weight is 309 g/mol. The number of nitrogens with zero attached hydrogens (tertiary/aromatic N) is 1. The van der Waals surface area contributed by atoms with E-state index in [4.69, 9.17) is 5.14 Å². The minimum Gasteiger partial charge on any atom is -0.172 e. The summed E-state index contributed by atoms with van der Waals surface area (Å²) < 4.78 is 25.5. The average Bonchev–Trinajstić information content (AvgIpc) is 2.51. The Kier molecular flexibility index (Phi) is 2.69. The number of rotatable bonds is 1. The van der Waals surface area contributed by atoms with Gasteiger partial charge in [0.15, 0.2) is 0 Å². The molecule has 3 aromatic carbocycles. The highest BCUT2D eigenvalue weighted by molar-refractivity contribution is 7.82. The number of fused-ring (bicyclic) bond motifs is 4. The van der Waals surface area contributed by atoms with Crippen molar-refractivity contribution in [3.05, 3.63) is 66.7 Å². The van der Waals surface area contributed by atoms with E-state index in [2.05, 4.69) is 0 Å². The number of benzene rings is 3. The highest BCUT2D eigenvalue weighted by Crippen LogP contribution is 2.26. The predicted molar refractivity (Wildman–Crippen MR) is 87.7 cm³/mol. The smallest absolute Gasteiger partial charge is 0.172 e. The molecule has 1 heterocycles. The molecule has 0 aliphatic rings. The second-order valence-electron chi connectivity index (χ2n) is 5.23. The van der Waals surface area contributed by atoms with Gasteiger partial charge >= 0.3 is 10.2 Å². The maximum Gasteiger partial charge on any atom is 0.443 e. The summed E-state index contributed by atoms with van der Waals surface area (Å²) in [4.78, 5) is 0. The lowest BCUT2D eigenvalue weighted by Crippen LogP contribution is -2.48. The van der Waals surface area contributed by atoms with Crippen LogP contribution in [-0.4, -0.2) is 8.42 Å². The van der Waals surface area contributed by atoms with Gasteiger partial charge in [-0.3, -0.25) is 0 Å². The fraction of sp³-hybridized carbons (Fsp3) is 0. The van der Waals surface area contributed by atoms with Gasteiger partial charge in [-0.25, -0.2) is 0 Å². The van der Waals surface area contributed by atoms with E-state index in [1.807, 2.05) is 48.5 Å². The number of aromatic nitrogens is 1. The summed E-state index contributed by atoms with van der Waals surface area (Å²) in [5.41, 5.74) is 1.16. The van der Waals surface area contributed by atoms with Gasteiger partial charge in [0.2, 0.25) is 11.0 Å². The first kappa shape index (κ1) is 13.2. The highest BCUT2D eigenvalue weighted by Gasteiger charge is 2.25. The van der Waals surface area contributed by atoms with Crippen LogP contribution in [0.15, 0.2) is 66.7 Å². The molecule has 1 aromatic heterocycles. The van der Waals surface area contributed by atoms with Gasteiger partial charge in [0.05, 0.1) is 5.39 Å². The van der Waals surface area contributed by atoms with E-state index < -0.39 is 10.2 Å². The van der Waals surface area contributed by atoms with Crippen LogP contribution in [0.5, 0.6) is 0 Å². The van der Waals surface area contributed by atoms with E-state index in [0.29, 0.717) is 11.0 Å². The van der Waals surface area contributed by atoms with Crippen molar-refractivity contribution in [3.8, 4) is 0 Å². The standard InChI is InChI=1S/C17H13N2O2S/c18-22(20,21)19-16-8-4-2-6-13(16)11-15-14-7-3-1-5-12(14)9-10-17(15)19/h1-11H,(H2,18,20,21)/q+1. The van der Waals surface area contributed by atoms with Crippen LogP contribution in [0.1, 0.15) is 0 Å². The Morgan fingerprint density at radius 1 is 0.727 bits per heavy atom. The summed E-state index contributed by atoms with van der Waals surface area (Å²) >= 11 is 0. The van der Waals surface area contributed by atoms with Crippen molar-refractivity contribution in [2.24, 2.45) is 5.14 Å². The van der Waals surface area contributed by atoms with E-state index in [1.54, 1.807) is 18.2 Å². The molecule has 0 spiro atoms. The van der Waals surface area contributed by atoms with Crippen molar-refractivity contribution in [1.29, 1.82) is 0 Å². The third-order valence-corrected chi connectivity index (χ3v) is 4.78. The maximum atomic E-state index is 12.1. The largest absolute Gasteiger partial charge is 0.443 e. The molecule has 22 heavy (non-hydrogen) atoms. The van der Waals surface area contributed by atoms with Gasteiger partial charge in [0.25, 0.3) is 0 Å². The fourth-order valence-electron chi connectivity index (χ4n) is 2.97. The van der Waals surface area contributed by atoms with Gasteiger partial charge in [-0.15, -0.1) is 8.42 Å². The predicted octanol–water partition coefficient (Wildman–Crippen LogP) is 2.49. The minimum atomic E-state index is -3.91. The van der Waals surface area contributed by atoms with E-state index >= 15 is 0 Å². The van der Waals surface area contributed by atoms with E-state index in [0.717, 1.165) is 21.5 Å². The van der Waals surface area contributed by atoms with E-state index in [-0.39, 0.29) is 0 Å². The van der Waals surface area contributed by atoms with Crippen LogP contribution in [-0.2, 0) is 10.2 Å². The van der Waals surface area contributed by atoms with Gasteiger partial charge in [0.1, 0.15) is 0 Å². The molecule has 4 nitrogen and oxygen atoms in total. The number of hydrogen-bond donors (Lipinski definition) is 1. The molecule has 4 rings (SSSR count). The Balaban J connectivity index is 2.37. The number of para-hydroxylation sites is 1. The molecule has 5 heteroatoms. The maximum absolute atomic E-state index is 12.1. The molecule has 0 aliphatic carbocycles. The molecule has 0 fully saturated rings. The topological polar surface area (TPSA) is 64.0 Å². The van der Waals surface area contributed by atoms with Crippen LogP contribution in [0.4, 0.5) is 0 Å². The van der Waals surface area contributed by atoms with Crippen LogP contribution in [0.3, 0.4) is 0 Å². The van der Waals surface area contributed by atoms with Crippen LogP contribution < -0.4 is 9.11 Å². The molecule has 0 saturated carbocycles. The lowest BCUT2D eigenvalue weighted by atomic mass is 10.0. The second kappa shape index (κ2) is 4.50. The fourth-order valence-corrected chi connectivity index (χ4v) is 3.84. The van der Waals surface area contributed by atoms with Crippen LogP contribution in [0.25, 0.3) is 32.6 Å². The quantitative estimate of drug-likeness (QED) is 0.333. The summed E-state index contributed by atoms with van der Waals surface area (Å²) in [6.45, 7) is 0. The third-order valence-electron chi connectivity index (χ3n) is 3.88. The van der Waals surface area contributed by atoms with Gasteiger partial charge in [-0.2, -0.15) is 5.14 Å². The van der Waals surface area contributed by atoms with Crippen molar-refractivity contribution in [2.45, 2.75) is 0 Å². The zero-order valence-electron chi connectivity index (χ0n) is 11.6. The van der Waals surface area contributed by atoms with Crippen LogP contribution >= 0.6 is 0 Å². The summed E-state index contributed by atoms with van der Waals surface area (Å²) in [6, 6.07) is 20.9. The van der Waals surface area contributed by atoms with E-state index in [9.17, 15) is 8.42 Å². The van der Waals surface area contributed by atoms with E-state index in [1.165, 1.54) is 3.97 Å². The molecule has 0 unspecified atom stereocenters. The Labute approximate surface area is 127 Å². The molecule has 4 aromatic rings. The number of pyridine rings is 1. The molecule has 0 amide bonds. The lowest BCUT2D eigenvalue weighted by Gasteiger charge is -2.06. The Morgan fingerprint density at radius 3 is 2.18 bits per heavy atom. The molecule has 0 saturated heterocycles. The Morgan fingerprint density at radius 2 is 1.41 bits per heavy atom. The SMILES string of the molecule is NS(=O)(=O)[n+]1c2ccccc2cc2c3ccccc3ccc21. The summed E-state index contributed by atoms with van der Waals surface area (Å²) in [7, 11) is -3.91. The molecule has 0 atom stereocenters. The number of hydrogen-bond acceptors (Lipinski definition) is 2. The van der Waals surface area contributed by atoms with Crippen molar-refractivity contribution >= 4 is 42.8 Å². The first-order valence-corrected chi connectivity index (χ1v) is 8.34. The molecular formula is C17H13N2O2S+. The van der Waals surface area contributed by atoms with Gasteiger partial charge in [0, 0.05) is 17.5 Å². The summed E-state index contributed by atoms with van der Waals surface area (Å²) in [5.74, 6) is 0. The molecule has 108 valence electrons. The molecule has 0 aliphatic heterocycles. The molecule has 0 bridgehead atoms. The minimum absolute atomic E-state index is 0.577. The zero-order chi connectivity index (χ0) is 15.3. The monoisotopic (exact) mass is 309 g/mol. The van der Waals surface area contributed by atoms with Crippen LogP contribution in [0.2, 0.25) is 0 Å². The zero-order valence-corrected chi connectivity index (χ0v) is 12.4. The lowest BCUT2D eigenvalue weighted by molar-refractivity contribution is -0.449. The molecule has 0 radical (unpaired) electrons. The van der Waals surface area contributed by atoms with Gasteiger partial charge in [-0.05, 0) is 29.0 Å². The van der Waals surface area contributed by atoms with Gasteiger partial charge in [-0.1, -0.05) is 40.4 Å². The Bertz CT molecular complexity index is 1150. The summed E-state index contributed by atoms with van der Waals surface area (Å²) in [5, 5.41) is 9.23. The number of nitrogens with two attached hydrogens (primary N) is 1. The first-order valence-electron chi connectivity index (χ1n) is 6.84. The third kappa shape index (κ3) is 1.87. The summed E-state index contributed by atoms with van der Waals surface area (Å²) in [6.07, 6.45) is 0. The van der Waals surface area contributed by atoms with Crippen molar-refractivity contribution in [2.75, 3.05) is 0 Å². The van der Waals surface area contributed by atoms with Crippen molar-refractivity contribution in [1.82, 2.24) is 0 Å². The first-order chi connectivity index (χ1) is 10.6. The second-order valence-corrected chi connectivity index (χ2v) is 6.63. The highest BCUT2D eigenvalue weighted by atomic mass is 32.2. The normalized spacial score (nSPS) is 12.2. The van der Waals surface area contributed by atoms with Crippen LogP contribution in [0, 0.1) is 0 Å². The van der Waals surface area contributed by atoms with Crippen molar-refractivity contribution in [3.63, 3.8) is 0 Å². The Hall–Kier alpha value is -2.50. The van der Waals surface area contributed by atoms with Crippen molar-refractivity contribution < 1.29 is 12.4 Å².